The van der Waals surface area contributed by atoms with E-state index in [4.69, 9.17) is 9.47 Å². The van der Waals surface area contributed by atoms with Crippen molar-refractivity contribution in [2.45, 2.75) is 46.7 Å². The maximum Gasteiger partial charge on any atom is 0.251 e. The summed E-state index contributed by atoms with van der Waals surface area (Å²) in [6.45, 7) is 8.19. The largest absolute Gasteiger partial charge is 0.493 e. The Bertz CT molecular complexity index is 1190. The van der Waals surface area contributed by atoms with Crippen LogP contribution < -0.4 is 19.7 Å². The summed E-state index contributed by atoms with van der Waals surface area (Å²) in [5, 5.41) is 15.5. The van der Waals surface area contributed by atoms with Gasteiger partial charge in [-0.1, -0.05) is 32.0 Å². The predicted octanol–water partition coefficient (Wildman–Crippen LogP) is 3.25. The van der Waals surface area contributed by atoms with Crippen molar-refractivity contribution in [3.63, 3.8) is 0 Å². The first-order chi connectivity index (χ1) is 17.2. The molecule has 3 rings (SSSR count). The lowest BCUT2D eigenvalue weighted by atomic mass is 10.1. The number of anilines is 1. The lowest BCUT2D eigenvalue weighted by Crippen LogP contribution is -2.50. The molecule has 0 radical (unpaired) electrons. The van der Waals surface area contributed by atoms with E-state index in [0.29, 0.717) is 41.0 Å². The van der Waals surface area contributed by atoms with Gasteiger partial charge in [0, 0.05) is 17.8 Å². The summed E-state index contributed by atoms with van der Waals surface area (Å²) in [7, 11) is 3.11. The highest BCUT2D eigenvalue weighted by Gasteiger charge is 2.29. The van der Waals surface area contributed by atoms with Crippen LogP contribution in [-0.4, -0.2) is 58.8 Å². The van der Waals surface area contributed by atoms with E-state index in [2.05, 4.69) is 34.6 Å². The first-order valence-corrected chi connectivity index (χ1v) is 11.9. The van der Waals surface area contributed by atoms with Crippen molar-refractivity contribution in [3.05, 3.63) is 48.0 Å². The Kier molecular flexibility index (Phi) is 8.99. The number of amides is 2. The number of nitrogens with zero attached hydrogens (tertiary/aromatic N) is 5. The summed E-state index contributed by atoms with van der Waals surface area (Å²) >= 11 is 0. The Morgan fingerprint density at radius 1 is 1.06 bits per heavy atom. The molecule has 1 N–H and O–H groups in total. The Labute approximate surface area is 211 Å². The first kappa shape index (κ1) is 26.7. The normalized spacial score (nSPS) is 11.8. The molecule has 0 bridgehead atoms. The molecule has 0 aliphatic heterocycles. The van der Waals surface area contributed by atoms with Crippen molar-refractivity contribution in [1.29, 1.82) is 0 Å². The van der Waals surface area contributed by atoms with Crippen molar-refractivity contribution in [2.75, 3.05) is 25.7 Å². The van der Waals surface area contributed by atoms with E-state index in [1.54, 1.807) is 39.3 Å². The van der Waals surface area contributed by atoms with Gasteiger partial charge in [0.2, 0.25) is 11.7 Å². The van der Waals surface area contributed by atoms with Gasteiger partial charge in [0.25, 0.3) is 5.91 Å². The van der Waals surface area contributed by atoms with Gasteiger partial charge in [0.15, 0.2) is 11.5 Å². The molecule has 1 unspecified atom stereocenters. The van der Waals surface area contributed by atoms with Crippen molar-refractivity contribution in [3.8, 4) is 22.9 Å². The van der Waals surface area contributed by atoms with Crippen LogP contribution in [0.2, 0.25) is 0 Å². The molecule has 192 valence electrons. The summed E-state index contributed by atoms with van der Waals surface area (Å²) in [6.07, 6.45) is 0.860. The van der Waals surface area contributed by atoms with E-state index in [1.807, 2.05) is 31.2 Å². The van der Waals surface area contributed by atoms with Gasteiger partial charge in [-0.05, 0) is 61.2 Å². The Morgan fingerprint density at radius 2 is 1.78 bits per heavy atom. The number of hydrogen-bond donors (Lipinski definition) is 1. The number of benzene rings is 2. The zero-order valence-electron chi connectivity index (χ0n) is 21.7. The van der Waals surface area contributed by atoms with Crippen LogP contribution in [0, 0.1) is 12.8 Å². The van der Waals surface area contributed by atoms with Crippen LogP contribution in [0.5, 0.6) is 11.5 Å². The van der Waals surface area contributed by atoms with Crippen molar-refractivity contribution >= 4 is 17.5 Å². The molecule has 0 aliphatic rings. The number of nitrogens with one attached hydrogen (secondary N) is 1. The molecule has 36 heavy (non-hydrogen) atoms. The molecule has 2 aromatic carbocycles. The monoisotopic (exact) mass is 494 g/mol. The van der Waals surface area contributed by atoms with E-state index in [-0.39, 0.29) is 18.4 Å². The number of rotatable bonds is 11. The highest BCUT2D eigenvalue weighted by molar-refractivity contribution is 6.01. The molecule has 10 nitrogen and oxygen atoms in total. The topological polar surface area (TPSA) is 111 Å². The smallest absolute Gasteiger partial charge is 0.251 e. The molecule has 2 amide bonds. The summed E-state index contributed by atoms with van der Waals surface area (Å²) in [5.41, 5.74) is 2.21. The van der Waals surface area contributed by atoms with E-state index in [1.165, 1.54) is 9.70 Å². The van der Waals surface area contributed by atoms with Gasteiger partial charge in [-0.15, -0.1) is 10.2 Å². The highest BCUT2D eigenvalue weighted by Crippen LogP contribution is 2.30. The van der Waals surface area contributed by atoms with Gasteiger partial charge in [0.05, 0.1) is 14.2 Å². The van der Waals surface area contributed by atoms with Gasteiger partial charge >= 0.3 is 0 Å². The quantitative estimate of drug-likeness (QED) is 0.435. The third-order valence-corrected chi connectivity index (χ3v) is 5.80. The van der Waals surface area contributed by atoms with Crippen molar-refractivity contribution in [2.24, 2.45) is 5.92 Å². The fraction of sp³-hybridized carbons (Fsp3) is 0.423. The Hall–Kier alpha value is -3.95. The number of carbonyl (C=O) groups is 2. The zero-order valence-corrected chi connectivity index (χ0v) is 21.7. The van der Waals surface area contributed by atoms with Crippen LogP contribution in [-0.2, 0) is 16.1 Å². The number of ether oxygens (including phenoxy) is 2. The maximum atomic E-state index is 13.5. The second-order valence-corrected chi connectivity index (χ2v) is 8.91. The van der Waals surface area contributed by atoms with Gasteiger partial charge in [-0.25, -0.2) is 0 Å². The van der Waals surface area contributed by atoms with Gasteiger partial charge < -0.3 is 14.8 Å². The van der Waals surface area contributed by atoms with Crippen LogP contribution in [0.1, 0.15) is 32.8 Å². The third kappa shape index (κ3) is 6.38. The fourth-order valence-electron chi connectivity index (χ4n) is 3.74. The summed E-state index contributed by atoms with van der Waals surface area (Å²) < 4.78 is 10.6. The minimum absolute atomic E-state index is 0.182. The summed E-state index contributed by atoms with van der Waals surface area (Å²) in [4.78, 5) is 29.2. The molecule has 1 atom stereocenters. The van der Waals surface area contributed by atoms with Crippen molar-refractivity contribution < 1.29 is 19.1 Å². The molecule has 0 spiro atoms. The Morgan fingerprint density at radius 3 is 2.44 bits per heavy atom. The van der Waals surface area contributed by atoms with E-state index >= 15 is 0 Å². The number of hydrogen-bond acceptors (Lipinski definition) is 7. The van der Waals surface area contributed by atoms with Crippen molar-refractivity contribution in [1.82, 2.24) is 25.5 Å². The first-order valence-electron chi connectivity index (χ1n) is 11.9. The van der Waals surface area contributed by atoms with E-state index < -0.39 is 6.04 Å². The minimum atomic E-state index is -0.723. The number of aromatic nitrogens is 4. The minimum Gasteiger partial charge on any atom is -0.493 e. The van der Waals surface area contributed by atoms with Gasteiger partial charge in [-0.2, -0.15) is 4.80 Å². The number of aryl methyl sites for hydroxylation is 1. The van der Waals surface area contributed by atoms with E-state index in [0.717, 1.165) is 12.0 Å². The SMILES string of the molecule is COc1ccc(-c2nnn(CC(=O)N(c3ccccc3C)C(C)C(=O)NCCC(C)C)n2)cc1OC. The second-order valence-electron chi connectivity index (χ2n) is 8.91. The lowest BCUT2D eigenvalue weighted by molar-refractivity contribution is -0.126. The number of para-hydroxylation sites is 1. The fourth-order valence-corrected chi connectivity index (χ4v) is 3.74. The van der Waals surface area contributed by atoms with Crippen LogP contribution in [0.4, 0.5) is 5.69 Å². The average Bonchev–Trinajstić information content (AvgIpc) is 3.32. The molecule has 0 aliphatic carbocycles. The molecular formula is C26H34N6O4. The maximum absolute atomic E-state index is 13.5. The van der Waals surface area contributed by atoms with Crippen LogP contribution in [0.25, 0.3) is 11.4 Å². The van der Waals surface area contributed by atoms with Gasteiger partial charge in [-0.3, -0.25) is 14.5 Å². The zero-order chi connectivity index (χ0) is 26.2. The molecule has 1 heterocycles. The Balaban J connectivity index is 1.82. The lowest BCUT2D eigenvalue weighted by Gasteiger charge is -2.29. The van der Waals surface area contributed by atoms with Gasteiger partial charge in [0.1, 0.15) is 12.6 Å². The average molecular weight is 495 g/mol. The van der Waals surface area contributed by atoms with Crippen LogP contribution in [0.15, 0.2) is 42.5 Å². The highest BCUT2D eigenvalue weighted by atomic mass is 16.5. The standard InChI is InChI=1S/C26H34N6O4/c1-17(2)13-14-27-26(34)19(4)32(21-10-8-7-9-18(21)3)24(33)16-31-29-25(28-30-31)20-11-12-22(35-5)23(15-20)36-6/h7-12,15,17,19H,13-14,16H2,1-6H3,(H,27,34). The number of methoxy groups -OCH3 is 2. The molecular weight excluding hydrogens is 460 g/mol. The molecule has 0 saturated carbocycles. The van der Waals surface area contributed by atoms with E-state index in [9.17, 15) is 9.59 Å². The molecule has 1 aromatic heterocycles. The summed E-state index contributed by atoms with van der Waals surface area (Å²) in [5.74, 6) is 1.37. The third-order valence-electron chi connectivity index (χ3n) is 5.80. The van der Waals surface area contributed by atoms with Crippen LogP contribution in [0.3, 0.4) is 0 Å². The van der Waals surface area contributed by atoms with Crippen LogP contribution >= 0.6 is 0 Å². The molecule has 3 aromatic rings. The number of tetrazole rings is 1. The predicted molar refractivity (Wildman–Crippen MR) is 137 cm³/mol. The molecule has 0 fully saturated rings. The summed E-state index contributed by atoms with van der Waals surface area (Å²) in [6, 6.07) is 12.0. The molecule has 0 saturated heterocycles. The molecule has 10 heteroatoms. The number of carbonyl (C=O) groups excluding carboxylic acids is 2. The second kappa shape index (κ2) is 12.1.